The smallest absolute Gasteiger partial charge is 0.434 e. The van der Waals surface area contributed by atoms with E-state index in [4.69, 9.17) is 4.74 Å². The zero-order valence-corrected chi connectivity index (χ0v) is 10.4. The monoisotopic (exact) mass is 240 g/mol. The molecule has 0 aromatic heterocycles. The minimum atomic E-state index is -0.875. The van der Waals surface area contributed by atoms with Crippen LogP contribution in [0.25, 0.3) is 0 Å². The maximum atomic E-state index is 11.7. The third-order valence-electron chi connectivity index (χ3n) is 2.82. The Hall–Kier alpha value is -1.85. The van der Waals surface area contributed by atoms with Gasteiger partial charge < -0.3 is 4.74 Å². The topological polar surface area (TPSA) is 66.9 Å². The molecule has 6 nitrogen and oxygen atoms in total. The van der Waals surface area contributed by atoms with E-state index in [0.29, 0.717) is 6.42 Å². The van der Waals surface area contributed by atoms with Gasteiger partial charge in [0.15, 0.2) is 5.60 Å². The largest absolute Gasteiger partial charge is 0.435 e. The predicted molar refractivity (Wildman–Crippen MR) is 59.4 cm³/mol. The van der Waals surface area contributed by atoms with Crippen molar-refractivity contribution in [1.82, 2.24) is 10.0 Å². The van der Waals surface area contributed by atoms with Gasteiger partial charge in [-0.3, -0.25) is 9.59 Å². The molecule has 0 saturated carbocycles. The molecule has 6 heteroatoms. The van der Waals surface area contributed by atoms with E-state index in [1.807, 2.05) is 6.92 Å². The van der Waals surface area contributed by atoms with Crippen molar-refractivity contribution < 1.29 is 19.1 Å². The van der Waals surface area contributed by atoms with Crippen molar-refractivity contribution in [3.05, 3.63) is 12.3 Å². The first-order valence-corrected chi connectivity index (χ1v) is 5.28. The van der Waals surface area contributed by atoms with Gasteiger partial charge in [-0.1, -0.05) is 13.5 Å². The van der Waals surface area contributed by atoms with Gasteiger partial charge in [-0.2, -0.15) is 10.0 Å². The van der Waals surface area contributed by atoms with Crippen molar-refractivity contribution in [2.24, 2.45) is 0 Å². The molecule has 0 aromatic rings. The molecule has 0 aliphatic carbocycles. The molecule has 0 N–H and O–H groups in total. The normalized spacial score (nSPS) is 23.6. The fourth-order valence-corrected chi connectivity index (χ4v) is 1.61. The predicted octanol–water partition coefficient (Wildman–Crippen LogP) is 1.43. The zero-order chi connectivity index (χ0) is 13.4. The van der Waals surface area contributed by atoms with Gasteiger partial charge in [0, 0.05) is 13.8 Å². The van der Waals surface area contributed by atoms with Crippen LogP contribution in [-0.4, -0.2) is 33.5 Å². The molecule has 1 heterocycles. The van der Waals surface area contributed by atoms with Crippen LogP contribution in [0, 0.1) is 0 Å². The molecule has 1 rings (SSSR count). The number of rotatable bonds is 2. The van der Waals surface area contributed by atoms with Crippen molar-refractivity contribution in [3.63, 3.8) is 0 Å². The Morgan fingerprint density at radius 3 is 2.18 bits per heavy atom. The van der Waals surface area contributed by atoms with E-state index in [2.05, 4.69) is 6.58 Å². The maximum Gasteiger partial charge on any atom is 0.434 e. The molecular formula is C11H16N2O4. The van der Waals surface area contributed by atoms with Gasteiger partial charge >= 0.3 is 6.09 Å². The van der Waals surface area contributed by atoms with E-state index in [1.165, 1.54) is 13.8 Å². The highest BCUT2D eigenvalue weighted by Gasteiger charge is 2.48. The van der Waals surface area contributed by atoms with E-state index >= 15 is 0 Å². The third-order valence-corrected chi connectivity index (χ3v) is 2.82. The van der Waals surface area contributed by atoms with Crippen LogP contribution >= 0.6 is 0 Å². The standard InChI is InChI=1S/C11H16N2O4/c1-6-11(5)7(2)12(10(16)17-11)13(8(3)14)9(4)15/h2,6H2,1,3-5H3/t11-/m0/s1. The minimum absolute atomic E-state index is 0.287. The number of nitrogens with zero attached hydrogens (tertiary/aromatic N) is 2. The van der Waals surface area contributed by atoms with Crippen molar-refractivity contribution in [3.8, 4) is 0 Å². The number of carbonyl (C=O) groups is 3. The second-order valence-corrected chi connectivity index (χ2v) is 4.06. The molecule has 1 atom stereocenters. The van der Waals surface area contributed by atoms with Crippen LogP contribution in [0.1, 0.15) is 34.1 Å². The molecule has 0 unspecified atom stereocenters. The van der Waals surface area contributed by atoms with Gasteiger partial charge in [0.2, 0.25) is 11.8 Å². The number of carbonyl (C=O) groups excluding carboxylic acids is 3. The summed E-state index contributed by atoms with van der Waals surface area (Å²) in [6.07, 6.45) is -0.248. The molecule has 17 heavy (non-hydrogen) atoms. The minimum Gasteiger partial charge on any atom is -0.435 e. The van der Waals surface area contributed by atoms with Crippen molar-refractivity contribution in [1.29, 1.82) is 0 Å². The van der Waals surface area contributed by atoms with Crippen molar-refractivity contribution in [2.75, 3.05) is 0 Å². The zero-order valence-electron chi connectivity index (χ0n) is 10.4. The molecule has 1 fully saturated rings. The Bertz CT molecular complexity index is 390. The molecular weight excluding hydrogens is 224 g/mol. The number of hydrogen-bond donors (Lipinski definition) is 0. The highest BCUT2D eigenvalue weighted by molar-refractivity contribution is 5.95. The highest BCUT2D eigenvalue weighted by atomic mass is 16.6. The van der Waals surface area contributed by atoms with Crippen LogP contribution in [0.15, 0.2) is 12.3 Å². The number of hydrazine groups is 1. The van der Waals surface area contributed by atoms with Gasteiger partial charge in [-0.15, -0.1) is 0 Å². The number of imide groups is 1. The Balaban J connectivity index is 3.14. The first-order chi connectivity index (χ1) is 7.74. The lowest BCUT2D eigenvalue weighted by molar-refractivity contribution is -0.154. The summed E-state index contributed by atoms with van der Waals surface area (Å²) >= 11 is 0. The van der Waals surface area contributed by atoms with Gasteiger partial charge in [0.1, 0.15) is 0 Å². The quantitative estimate of drug-likeness (QED) is 0.732. The molecule has 0 radical (unpaired) electrons. The second kappa shape index (κ2) is 4.20. The van der Waals surface area contributed by atoms with E-state index in [9.17, 15) is 14.4 Å². The third kappa shape index (κ3) is 2.02. The average Bonchev–Trinajstić information content (AvgIpc) is 2.42. The SMILES string of the molecule is C=C1N(N(C(C)=O)C(C)=O)C(=O)O[C@@]1(C)CC. The van der Waals surface area contributed by atoms with Crippen LogP contribution < -0.4 is 0 Å². The first kappa shape index (κ1) is 13.2. The summed E-state index contributed by atoms with van der Waals surface area (Å²) < 4.78 is 5.15. The average molecular weight is 240 g/mol. The van der Waals surface area contributed by atoms with Crippen LogP contribution in [0.3, 0.4) is 0 Å². The number of cyclic esters (lactones) is 1. The maximum absolute atomic E-state index is 11.7. The van der Waals surface area contributed by atoms with Gasteiger partial charge in [-0.05, 0) is 13.3 Å². The Labute approximate surface area is 99.8 Å². The van der Waals surface area contributed by atoms with E-state index < -0.39 is 23.5 Å². The Kier molecular flexibility index (Phi) is 3.26. The van der Waals surface area contributed by atoms with Crippen LogP contribution in [0.4, 0.5) is 4.79 Å². The molecule has 3 amide bonds. The summed E-state index contributed by atoms with van der Waals surface area (Å²) in [6, 6.07) is 0. The number of hydrogen-bond acceptors (Lipinski definition) is 4. The van der Waals surface area contributed by atoms with Gasteiger partial charge in [0.05, 0.1) is 5.70 Å². The molecule has 0 bridgehead atoms. The molecule has 1 aliphatic rings. The summed E-state index contributed by atoms with van der Waals surface area (Å²) in [7, 11) is 0. The van der Waals surface area contributed by atoms with E-state index in [0.717, 1.165) is 10.0 Å². The lowest BCUT2D eigenvalue weighted by Gasteiger charge is -2.28. The summed E-state index contributed by atoms with van der Waals surface area (Å²) in [4.78, 5) is 34.5. The highest BCUT2D eigenvalue weighted by Crippen LogP contribution is 2.35. The molecule has 1 saturated heterocycles. The number of amides is 3. The number of ether oxygens (including phenoxy) is 1. The second-order valence-electron chi connectivity index (χ2n) is 4.06. The molecule has 0 spiro atoms. The molecule has 1 aliphatic heterocycles. The van der Waals surface area contributed by atoms with Crippen LogP contribution in [0.2, 0.25) is 0 Å². The Morgan fingerprint density at radius 2 is 1.88 bits per heavy atom. The van der Waals surface area contributed by atoms with Crippen LogP contribution in [-0.2, 0) is 14.3 Å². The van der Waals surface area contributed by atoms with Gasteiger partial charge in [-0.25, -0.2) is 4.79 Å². The summed E-state index contributed by atoms with van der Waals surface area (Å²) in [5.74, 6) is -1.12. The first-order valence-electron chi connectivity index (χ1n) is 5.28. The summed E-state index contributed by atoms with van der Waals surface area (Å²) in [5, 5.41) is 1.62. The fourth-order valence-electron chi connectivity index (χ4n) is 1.61. The van der Waals surface area contributed by atoms with Crippen molar-refractivity contribution >= 4 is 17.9 Å². The molecule has 0 aromatic carbocycles. The fraction of sp³-hybridized carbons (Fsp3) is 0.545. The summed E-state index contributed by atoms with van der Waals surface area (Å²) in [5.41, 5.74) is -0.587. The van der Waals surface area contributed by atoms with E-state index in [1.54, 1.807) is 6.92 Å². The van der Waals surface area contributed by atoms with Gasteiger partial charge in [0.25, 0.3) is 0 Å². The Morgan fingerprint density at radius 1 is 1.41 bits per heavy atom. The van der Waals surface area contributed by atoms with E-state index in [-0.39, 0.29) is 5.70 Å². The lowest BCUT2D eigenvalue weighted by Crippen LogP contribution is -2.48. The lowest BCUT2D eigenvalue weighted by atomic mass is 10.0. The molecule has 94 valence electrons. The van der Waals surface area contributed by atoms with Crippen LogP contribution in [0.5, 0.6) is 0 Å². The van der Waals surface area contributed by atoms with Crippen molar-refractivity contribution in [2.45, 2.75) is 39.7 Å². The summed E-state index contributed by atoms with van der Waals surface area (Å²) in [6.45, 7) is 9.64.